The molecule has 0 aromatic heterocycles. The smallest absolute Gasteiger partial charge is 0.321 e. The zero-order valence-electron chi connectivity index (χ0n) is 6.82. The molecule has 0 aromatic carbocycles. The highest BCUT2D eigenvalue weighted by Gasteiger charge is 2.03. The van der Waals surface area contributed by atoms with Gasteiger partial charge in [-0.2, -0.15) is 0 Å². The molecule has 0 bridgehead atoms. The highest BCUT2D eigenvalue weighted by Crippen LogP contribution is 1.81. The summed E-state index contributed by atoms with van der Waals surface area (Å²) in [6.45, 7) is 5.69. The summed E-state index contributed by atoms with van der Waals surface area (Å²) in [5, 5.41) is 4.44. The van der Waals surface area contributed by atoms with Gasteiger partial charge < -0.3 is 5.32 Å². The average Bonchev–Trinajstić information content (AvgIpc) is 2.00. The quantitative estimate of drug-likeness (QED) is 0.507. The molecule has 4 nitrogen and oxygen atoms in total. The first-order chi connectivity index (χ1) is 5.56. The van der Waals surface area contributed by atoms with E-state index >= 15 is 0 Å². The minimum Gasteiger partial charge on any atom is -0.334 e. The Morgan fingerprint density at radius 2 is 2.08 bits per heavy atom. The molecule has 5 heteroatoms. The molecule has 0 aliphatic rings. The van der Waals surface area contributed by atoms with Gasteiger partial charge in [0.2, 0.25) is 5.91 Å². The van der Waals surface area contributed by atoms with Gasteiger partial charge in [0.15, 0.2) is 0 Å². The number of nitrogens with one attached hydrogen (secondary N) is 2. The first kappa shape index (κ1) is 11.0. The Morgan fingerprint density at radius 1 is 1.50 bits per heavy atom. The molecule has 68 valence electrons. The molecule has 0 saturated heterocycles. The van der Waals surface area contributed by atoms with Gasteiger partial charge in [-0.25, -0.2) is 4.79 Å². The second kappa shape index (κ2) is 5.60. The van der Waals surface area contributed by atoms with Gasteiger partial charge in [0, 0.05) is 6.54 Å². The molecule has 0 aromatic rings. The fraction of sp³-hybridized carbons (Fsp3) is 0.429. The maximum absolute atomic E-state index is 10.8. The summed E-state index contributed by atoms with van der Waals surface area (Å²) in [6, 6.07) is -0.552. The fourth-order valence-corrected chi connectivity index (χ4v) is 0.502. The Labute approximate surface area is 76.0 Å². The van der Waals surface area contributed by atoms with Crippen molar-refractivity contribution in [2.45, 2.75) is 6.92 Å². The number of urea groups is 1. The largest absolute Gasteiger partial charge is 0.334 e. The fourth-order valence-electron chi connectivity index (χ4n) is 0.435. The van der Waals surface area contributed by atoms with Crippen molar-refractivity contribution in [3.05, 3.63) is 12.2 Å². The van der Waals surface area contributed by atoms with Gasteiger partial charge in [0.25, 0.3) is 0 Å². The Balaban J connectivity index is 3.60. The third-order valence-corrected chi connectivity index (χ3v) is 1.17. The number of halogens is 1. The van der Waals surface area contributed by atoms with E-state index in [1.807, 2.05) is 5.32 Å². The van der Waals surface area contributed by atoms with Crippen LogP contribution in [0.15, 0.2) is 12.2 Å². The van der Waals surface area contributed by atoms with Crippen molar-refractivity contribution in [3.8, 4) is 0 Å². The summed E-state index contributed by atoms with van der Waals surface area (Å²) >= 11 is 5.15. The van der Waals surface area contributed by atoms with E-state index in [1.54, 1.807) is 6.92 Å². The van der Waals surface area contributed by atoms with Crippen LogP contribution in [0.1, 0.15) is 6.92 Å². The lowest BCUT2D eigenvalue weighted by atomic mass is 10.3. The SMILES string of the molecule is C=C(C)CNC(=O)NC(=O)CCl. The van der Waals surface area contributed by atoms with E-state index in [1.165, 1.54) is 0 Å². The molecular formula is C7H11ClN2O2. The van der Waals surface area contributed by atoms with Crippen molar-refractivity contribution in [2.75, 3.05) is 12.4 Å². The second-order valence-corrected chi connectivity index (χ2v) is 2.59. The Morgan fingerprint density at radius 3 is 2.50 bits per heavy atom. The lowest BCUT2D eigenvalue weighted by Crippen LogP contribution is -2.40. The Kier molecular flexibility index (Phi) is 5.12. The van der Waals surface area contributed by atoms with Crippen LogP contribution in [0.25, 0.3) is 0 Å². The van der Waals surface area contributed by atoms with Gasteiger partial charge in [-0.05, 0) is 6.92 Å². The van der Waals surface area contributed by atoms with Crippen LogP contribution < -0.4 is 10.6 Å². The van der Waals surface area contributed by atoms with E-state index in [0.717, 1.165) is 5.57 Å². The van der Waals surface area contributed by atoms with Gasteiger partial charge in [-0.15, -0.1) is 11.6 Å². The van der Waals surface area contributed by atoms with Gasteiger partial charge >= 0.3 is 6.03 Å². The molecule has 0 fully saturated rings. The second-order valence-electron chi connectivity index (χ2n) is 2.32. The lowest BCUT2D eigenvalue weighted by molar-refractivity contribution is -0.117. The normalized spacial score (nSPS) is 8.83. The summed E-state index contributed by atoms with van der Waals surface area (Å²) in [4.78, 5) is 21.3. The Bertz CT molecular complexity index is 204. The topological polar surface area (TPSA) is 58.2 Å². The molecule has 0 rings (SSSR count). The van der Waals surface area contributed by atoms with Crippen molar-refractivity contribution in [3.63, 3.8) is 0 Å². The van der Waals surface area contributed by atoms with Crippen LogP contribution in [-0.4, -0.2) is 24.4 Å². The standard InChI is InChI=1S/C7H11ClN2O2/c1-5(2)4-9-7(12)10-6(11)3-8/h1,3-4H2,2H3,(H2,9,10,11,12). The van der Waals surface area contributed by atoms with Crippen molar-refractivity contribution >= 4 is 23.5 Å². The number of carbonyl (C=O) groups is 2. The molecule has 0 unspecified atom stereocenters. The van der Waals surface area contributed by atoms with Gasteiger partial charge in [0.1, 0.15) is 5.88 Å². The molecule has 2 N–H and O–H groups in total. The molecule has 0 heterocycles. The van der Waals surface area contributed by atoms with Crippen LogP contribution in [0.4, 0.5) is 4.79 Å². The lowest BCUT2D eigenvalue weighted by Gasteiger charge is -2.03. The predicted molar refractivity (Wildman–Crippen MR) is 47.1 cm³/mol. The summed E-state index contributed by atoms with van der Waals surface area (Å²) < 4.78 is 0. The van der Waals surface area contributed by atoms with Gasteiger partial charge in [-0.3, -0.25) is 10.1 Å². The minimum absolute atomic E-state index is 0.222. The van der Waals surface area contributed by atoms with Crippen LogP contribution in [0.5, 0.6) is 0 Å². The van der Waals surface area contributed by atoms with Crippen LogP contribution in [0, 0.1) is 0 Å². The first-order valence-electron chi connectivity index (χ1n) is 3.34. The van der Waals surface area contributed by atoms with E-state index in [0.29, 0.717) is 6.54 Å². The van der Waals surface area contributed by atoms with Gasteiger partial charge in [0.05, 0.1) is 0 Å². The molecule has 0 saturated carbocycles. The molecule has 0 spiro atoms. The number of rotatable bonds is 3. The molecule has 0 aliphatic carbocycles. The van der Waals surface area contributed by atoms with Crippen LogP contribution in [0.2, 0.25) is 0 Å². The van der Waals surface area contributed by atoms with E-state index < -0.39 is 11.9 Å². The molecule has 12 heavy (non-hydrogen) atoms. The van der Waals surface area contributed by atoms with Crippen molar-refractivity contribution < 1.29 is 9.59 Å². The van der Waals surface area contributed by atoms with E-state index in [9.17, 15) is 9.59 Å². The number of hydrogen-bond acceptors (Lipinski definition) is 2. The highest BCUT2D eigenvalue weighted by molar-refractivity contribution is 6.28. The molecule has 0 radical (unpaired) electrons. The molecular weight excluding hydrogens is 180 g/mol. The summed E-state index contributed by atoms with van der Waals surface area (Å²) in [7, 11) is 0. The number of carbonyl (C=O) groups excluding carboxylic acids is 2. The molecule has 0 aliphatic heterocycles. The van der Waals surface area contributed by atoms with Gasteiger partial charge in [-0.1, -0.05) is 12.2 Å². The molecule has 3 amide bonds. The maximum Gasteiger partial charge on any atom is 0.321 e. The number of alkyl halides is 1. The van der Waals surface area contributed by atoms with E-state index in [-0.39, 0.29) is 5.88 Å². The number of hydrogen-bond donors (Lipinski definition) is 2. The summed E-state index contributed by atoms with van der Waals surface area (Å²) in [6.07, 6.45) is 0. The zero-order chi connectivity index (χ0) is 9.56. The predicted octanol–water partition coefficient (Wildman–Crippen LogP) is 0.627. The van der Waals surface area contributed by atoms with Crippen LogP contribution >= 0.6 is 11.6 Å². The number of imide groups is 1. The zero-order valence-corrected chi connectivity index (χ0v) is 7.57. The molecule has 0 atom stereocenters. The summed E-state index contributed by atoms with van der Waals surface area (Å²) in [5.74, 6) is -0.739. The first-order valence-corrected chi connectivity index (χ1v) is 3.87. The van der Waals surface area contributed by atoms with Crippen molar-refractivity contribution in [1.82, 2.24) is 10.6 Å². The van der Waals surface area contributed by atoms with Crippen LogP contribution in [-0.2, 0) is 4.79 Å². The summed E-state index contributed by atoms with van der Waals surface area (Å²) in [5.41, 5.74) is 0.809. The monoisotopic (exact) mass is 190 g/mol. The van der Waals surface area contributed by atoms with E-state index in [4.69, 9.17) is 11.6 Å². The van der Waals surface area contributed by atoms with E-state index in [2.05, 4.69) is 11.9 Å². The Hall–Kier alpha value is -1.03. The van der Waals surface area contributed by atoms with Crippen LogP contribution in [0.3, 0.4) is 0 Å². The third-order valence-electron chi connectivity index (χ3n) is 0.925. The van der Waals surface area contributed by atoms with Crippen molar-refractivity contribution in [1.29, 1.82) is 0 Å². The maximum atomic E-state index is 10.8. The minimum atomic E-state index is -0.552. The third kappa shape index (κ3) is 5.73. The average molecular weight is 191 g/mol. The number of amides is 3. The van der Waals surface area contributed by atoms with Crippen molar-refractivity contribution in [2.24, 2.45) is 0 Å². The highest BCUT2D eigenvalue weighted by atomic mass is 35.5.